The average Bonchev–Trinajstić information content (AvgIpc) is 3.41. The number of rotatable bonds is 4. The van der Waals surface area contributed by atoms with E-state index < -0.39 is 0 Å². The zero-order chi connectivity index (χ0) is 19.5. The predicted octanol–water partition coefficient (Wildman–Crippen LogP) is 3.01. The molecule has 7 nitrogen and oxygen atoms in total. The first kappa shape index (κ1) is 18.0. The summed E-state index contributed by atoms with van der Waals surface area (Å²) in [5, 5.41) is 7.04. The van der Waals surface area contributed by atoms with Gasteiger partial charge in [0.05, 0.1) is 0 Å². The first-order chi connectivity index (χ1) is 13.6. The Balaban J connectivity index is 1.34. The number of benzene rings is 1. The second-order valence-corrected chi connectivity index (χ2v) is 7.07. The van der Waals surface area contributed by atoms with E-state index in [1.807, 2.05) is 31.2 Å². The molecule has 0 unspecified atom stereocenters. The number of carbonyl (C=O) groups excluding carboxylic acids is 2. The minimum atomic E-state index is -0.167. The van der Waals surface area contributed by atoms with Gasteiger partial charge in [-0.15, -0.1) is 0 Å². The van der Waals surface area contributed by atoms with Crippen molar-refractivity contribution in [2.75, 3.05) is 13.1 Å². The highest BCUT2D eigenvalue weighted by atomic mass is 16.5. The molecule has 3 heterocycles. The molecule has 1 saturated heterocycles. The van der Waals surface area contributed by atoms with Crippen LogP contribution in [0.4, 0.5) is 0 Å². The van der Waals surface area contributed by atoms with Gasteiger partial charge in [0.25, 0.3) is 11.8 Å². The van der Waals surface area contributed by atoms with Crippen LogP contribution >= 0.6 is 0 Å². The molecule has 0 aliphatic carbocycles. The Morgan fingerprint density at radius 1 is 1.18 bits per heavy atom. The predicted molar refractivity (Wildman–Crippen MR) is 104 cm³/mol. The molecule has 2 aromatic heterocycles. The summed E-state index contributed by atoms with van der Waals surface area (Å²) >= 11 is 0. The van der Waals surface area contributed by atoms with Gasteiger partial charge >= 0.3 is 0 Å². The quantitative estimate of drug-likeness (QED) is 0.730. The lowest BCUT2D eigenvalue weighted by Gasteiger charge is -2.31. The fourth-order valence-corrected chi connectivity index (χ4v) is 3.35. The molecule has 0 bridgehead atoms. The van der Waals surface area contributed by atoms with Gasteiger partial charge in [-0.1, -0.05) is 35.0 Å². The van der Waals surface area contributed by atoms with E-state index in [0.29, 0.717) is 37.3 Å². The number of likely N-dealkylation sites (tertiary alicyclic amines) is 1. The van der Waals surface area contributed by atoms with E-state index in [-0.39, 0.29) is 23.6 Å². The molecular weight excluding hydrogens is 356 g/mol. The maximum absolute atomic E-state index is 12.7. The van der Waals surface area contributed by atoms with Gasteiger partial charge in [0.2, 0.25) is 5.76 Å². The van der Waals surface area contributed by atoms with Crippen molar-refractivity contribution in [3.63, 3.8) is 0 Å². The number of aromatic amines is 1. The summed E-state index contributed by atoms with van der Waals surface area (Å²) in [5.41, 5.74) is 3.27. The third kappa shape index (κ3) is 3.83. The van der Waals surface area contributed by atoms with E-state index in [9.17, 15) is 9.59 Å². The molecule has 2 N–H and O–H groups in total. The van der Waals surface area contributed by atoms with Gasteiger partial charge in [-0.25, -0.2) is 0 Å². The van der Waals surface area contributed by atoms with Crippen LogP contribution < -0.4 is 5.32 Å². The fourth-order valence-electron chi connectivity index (χ4n) is 3.35. The van der Waals surface area contributed by atoms with Crippen molar-refractivity contribution in [1.29, 1.82) is 0 Å². The monoisotopic (exact) mass is 378 g/mol. The van der Waals surface area contributed by atoms with Crippen LogP contribution in [0.25, 0.3) is 11.3 Å². The Kier molecular flexibility index (Phi) is 4.97. The molecular formula is C21H22N4O3. The molecule has 2 amide bonds. The molecule has 1 aliphatic rings. The number of hydrogen-bond donors (Lipinski definition) is 2. The lowest BCUT2D eigenvalue weighted by molar-refractivity contribution is 0.0657. The number of hydrogen-bond acceptors (Lipinski definition) is 4. The minimum Gasteiger partial charge on any atom is -0.357 e. The van der Waals surface area contributed by atoms with E-state index in [2.05, 4.69) is 15.5 Å². The maximum Gasteiger partial charge on any atom is 0.292 e. The highest BCUT2D eigenvalue weighted by Gasteiger charge is 2.27. The number of nitrogens with zero attached hydrogens (tertiary/aromatic N) is 2. The summed E-state index contributed by atoms with van der Waals surface area (Å²) in [7, 11) is 0. The average molecular weight is 378 g/mol. The Hall–Kier alpha value is -3.35. The van der Waals surface area contributed by atoms with Gasteiger partial charge in [-0.05, 0) is 31.9 Å². The summed E-state index contributed by atoms with van der Waals surface area (Å²) in [5.74, 6) is -0.0443. The number of carbonyl (C=O) groups is 2. The summed E-state index contributed by atoms with van der Waals surface area (Å²) < 4.78 is 5.29. The van der Waals surface area contributed by atoms with E-state index >= 15 is 0 Å². The lowest BCUT2D eigenvalue weighted by atomic mass is 10.0. The topological polar surface area (TPSA) is 91.2 Å². The molecule has 0 spiro atoms. The van der Waals surface area contributed by atoms with Crippen LogP contribution in [0.1, 0.15) is 39.4 Å². The first-order valence-corrected chi connectivity index (χ1v) is 9.37. The Morgan fingerprint density at radius 3 is 2.61 bits per heavy atom. The van der Waals surface area contributed by atoms with Crippen LogP contribution in [0.3, 0.4) is 0 Å². The largest absolute Gasteiger partial charge is 0.357 e. The summed E-state index contributed by atoms with van der Waals surface area (Å²) in [6, 6.07) is 13.2. The van der Waals surface area contributed by atoms with Gasteiger partial charge in [0, 0.05) is 37.0 Å². The van der Waals surface area contributed by atoms with E-state index in [0.717, 1.165) is 11.1 Å². The standard InChI is InChI=1S/C21H22N4O3/c1-14-4-6-15(7-5-14)18-13-19(28-24-18)21(27)25-11-8-16(9-12-25)23-20(26)17-3-2-10-22-17/h2-7,10,13,16,22H,8-9,11-12H2,1H3,(H,23,26). The molecule has 1 aliphatic heterocycles. The molecule has 1 aromatic carbocycles. The Labute approximate surface area is 162 Å². The van der Waals surface area contributed by atoms with E-state index in [1.165, 1.54) is 0 Å². The Morgan fingerprint density at radius 2 is 1.93 bits per heavy atom. The molecule has 1 fully saturated rings. The van der Waals surface area contributed by atoms with Gasteiger partial charge in [0.1, 0.15) is 11.4 Å². The van der Waals surface area contributed by atoms with Crippen LogP contribution in [0.15, 0.2) is 53.2 Å². The third-order valence-corrected chi connectivity index (χ3v) is 5.03. The second-order valence-electron chi connectivity index (χ2n) is 7.07. The van der Waals surface area contributed by atoms with Gasteiger partial charge < -0.3 is 19.7 Å². The molecule has 28 heavy (non-hydrogen) atoms. The SMILES string of the molecule is Cc1ccc(-c2cc(C(=O)N3CCC(NC(=O)c4ccc[nH]4)CC3)on2)cc1. The van der Waals surface area contributed by atoms with E-state index in [1.54, 1.807) is 29.3 Å². The van der Waals surface area contributed by atoms with Gasteiger partial charge in [-0.3, -0.25) is 9.59 Å². The number of amides is 2. The molecule has 3 aromatic rings. The zero-order valence-corrected chi connectivity index (χ0v) is 15.6. The van der Waals surface area contributed by atoms with Crippen molar-refractivity contribution in [3.8, 4) is 11.3 Å². The smallest absolute Gasteiger partial charge is 0.292 e. The van der Waals surface area contributed by atoms with Gasteiger partial charge in [0.15, 0.2) is 0 Å². The van der Waals surface area contributed by atoms with Crippen LogP contribution in [-0.4, -0.2) is 46.0 Å². The number of piperidine rings is 1. The minimum absolute atomic E-state index is 0.0534. The zero-order valence-electron chi connectivity index (χ0n) is 15.6. The van der Waals surface area contributed by atoms with Crippen LogP contribution in [0, 0.1) is 6.92 Å². The van der Waals surface area contributed by atoms with Crippen LogP contribution in [0.2, 0.25) is 0 Å². The molecule has 0 radical (unpaired) electrons. The number of aryl methyl sites for hydroxylation is 1. The molecule has 0 atom stereocenters. The molecule has 4 rings (SSSR count). The summed E-state index contributed by atoms with van der Waals surface area (Å²) in [6.45, 7) is 3.15. The van der Waals surface area contributed by atoms with E-state index in [4.69, 9.17) is 4.52 Å². The van der Waals surface area contributed by atoms with Crippen LogP contribution in [-0.2, 0) is 0 Å². The van der Waals surface area contributed by atoms with Gasteiger partial charge in [-0.2, -0.15) is 0 Å². The van der Waals surface area contributed by atoms with Crippen molar-refractivity contribution in [2.24, 2.45) is 0 Å². The highest BCUT2D eigenvalue weighted by Crippen LogP contribution is 2.21. The highest BCUT2D eigenvalue weighted by molar-refractivity contribution is 5.93. The molecule has 0 saturated carbocycles. The van der Waals surface area contributed by atoms with Crippen molar-refractivity contribution >= 4 is 11.8 Å². The molecule has 7 heteroatoms. The molecule has 144 valence electrons. The third-order valence-electron chi connectivity index (χ3n) is 5.03. The second kappa shape index (κ2) is 7.72. The van der Waals surface area contributed by atoms with Crippen LogP contribution in [0.5, 0.6) is 0 Å². The fraction of sp³-hybridized carbons (Fsp3) is 0.286. The number of H-pyrrole nitrogens is 1. The van der Waals surface area contributed by atoms with Crippen molar-refractivity contribution in [1.82, 2.24) is 20.4 Å². The van der Waals surface area contributed by atoms with Crippen molar-refractivity contribution in [3.05, 3.63) is 65.7 Å². The Bertz CT molecular complexity index is 952. The lowest BCUT2D eigenvalue weighted by Crippen LogP contribution is -2.46. The maximum atomic E-state index is 12.7. The first-order valence-electron chi connectivity index (χ1n) is 9.37. The number of aromatic nitrogens is 2. The normalized spacial score (nSPS) is 14.8. The summed E-state index contributed by atoms with van der Waals surface area (Å²) in [6.07, 6.45) is 3.13. The summed E-state index contributed by atoms with van der Waals surface area (Å²) in [4.78, 5) is 29.5. The number of nitrogens with one attached hydrogen (secondary N) is 2. The van der Waals surface area contributed by atoms with Crippen molar-refractivity contribution < 1.29 is 14.1 Å². The van der Waals surface area contributed by atoms with Crippen molar-refractivity contribution in [2.45, 2.75) is 25.8 Å².